The molecule has 0 atom stereocenters. The molecule has 0 bridgehead atoms. The smallest absolute Gasteiger partial charge is 0.338 e. The van der Waals surface area contributed by atoms with Crippen LogP contribution < -0.4 is 5.32 Å². The predicted molar refractivity (Wildman–Crippen MR) is 135 cm³/mol. The quantitative estimate of drug-likeness (QED) is 0.360. The third kappa shape index (κ3) is 8.47. The summed E-state index contributed by atoms with van der Waals surface area (Å²) in [7, 11) is 0. The second-order valence-corrected chi connectivity index (χ2v) is 9.33. The predicted octanol–water partition coefficient (Wildman–Crippen LogP) is 5.37. The molecule has 0 aromatic heterocycles. The van der Waals surface area contributed by atoms with E-state index >= 15 is 0 Å². The number of amides is 1. The summed E-state index contributed by atoms with van der Waals surface area (Å²) >= 11 is 0. The van der Waals surface area contributed by atoms with Crippen LogP contribution in [0.15, 0.2) is 41.6 Å². The number of rotatable bonds is 5. The van der Waals surface area contributed by atoms with Crippen LogP contribution in [0.3, 0.4) is 0 Å². The molecule has 6 heteroatoms. The molecule has 1 aromatic rings. The van der Waals surface area contributed by atoms with Gasteiger partial charge in [-0.15, -0.1) is 0 Å². The molecule has 2 aliphatic rings. The van der Waals surface area contributed by atoms with Gasteiger partial charge in [0.15, 0.2) is 6.61 Å². The topological polar surface area (TPSA) is 77.0 Å². The lowest BCUT2D eigenvalue weighted by atomic mass is 9.89. The van der Waals surface area contributed by atoms with Crippen molar-refractivity contribution in [1.29, 1.82) is 0 Å². The highest BCUT2D eigenvalue weighted by molar-refractivity contribution is 6.00. The van der Waals surface area contributed by atoms with Gasteiger partial charge >= 0.3 is 5.97 Å². The van der Waals surface area contributed by atoms with E-state index in [1.165, 1.54) is 32.1 Å². The minimum Gasteiger partial charge on any atom is -0.462 e. The van der Waals surface area contributed by atoms with Gasteiger partial charge in [0.1, 0.15) is 0 Å². The first-order valence-electron chi connectivity index (χ1n) is 12.6. The number of aryl methyl sites for hydroxylation is 2. The van der Waals surface area contributed by atoms with Crippen LogP contribution >= 0.6 is 0 Å². The fraction of sp³-hybridized carbons (Fsp3) is 0.536. The largest absolute Gasteiger partial charge is 0.462 e. The van der Waals surface area contributed by atoms with Gasteiger partial charge in [0.05, 0.1) is 17.9 Å². The summed E-state index contributed by atoms with van der Waals surface area (Å²) in [5, 5.41) is 7.25. The Hall–Kier alpha value is -2.89. The Morgan fingerprint density at radius 3 is 2.68 bits per heavy atom. The molecule has 0 spiro atoms. The van der Waals surface area contributed by atoms with Crippen LogP contribution in [0.25, 0.3) is 0 Å². The number of esters is 1. The van der Waals surface area contributed by atoms with E-state index in [-0.39, 0.29) is 18.5 Å². The molecular weight excluding hydrogens is 428 g/mol. The minimum absolute atomic E-state index is 0.117. The van der Waals surface area contributed by atoms with Crippen LogP contribution in [-0.4, -0.2) is 37.3 Å². The Kier molecular flexibility index (Phi) is 10.4. The molecule has 1 aromatic carbocycles. The van der Waals surface area contributed by atoms with Crippen LogP contribution in [0.2, 0.25) is 0 Å². The van der Waals surface area contributed by atoms with E-state index in [4.69, 9.17) is 9.57 Å². The first-order valence-corrected chi connectivity index (χ1v) is 12.6. The van der Waals surface area contributed by atoms with E-state index in [0.29, 0.717) is 43.2 Å². The Bertz CT molecular complexity index is 927. The highest BCUT2D eigenvalue weighted by Crippen LogP contribution is 2.23. The maximum absolute atomic E-state index is 12.8. The van der Waals surface area contributed by atoms with Crippen LogP contribution in [0, 0.1) is 19.8 Å². The van der Waals surface area contributed by atoms with Gasteiger partial charge in [-0.2, -0.15) is 0 Å². The number of benzene rings is 1. The number of carbonyl (C=O) groups excluding carboxylic acids is 2. The maximum Gasteiger partial charge on any atom is 0.338 e. The second-order valence-electron chi connectivity index (χ2n) is 9.33. The zero-order valence-corrected chi connectivity index (χ0v) is 20.6. The first-order chi connectivity index (χ1) is 16.5. The number of hydrogen-bond donors (Lipinski definition) is 1. The number of allylic oxidation sites excluding steroid dienone is 3. The minimum atomic E-state index is -0.315. The van der Waals surface area contributed by atoms with Crippen molar-refractivity contribution in [3.05, 3.63) is 58.7 Å². The number of cyclic esters (lactones) is 1. The molecule has 1 heterocycles. The van der Waals surface area contributed by atoms with E-state index < -0.39 is 0 Å². The third-order valence-electron chi connectivity index (χ3n) is 6.32. The van der Waals surface area contributed by atoms with Crippen LogP contribution in [-0.2, 0) is 20.8 Å². The molecule has 0 unspecified atom stereocenters. The molecular formula is C28H38N2O4. The maximum atomic E-state index is 12.8. The molecule has 184 valence electrons. The molecule has 34 heavy (non-hydrogen) atoms. The number of nitrogens with zero attached hydrogens (tertiary/aromatic N) is 1. The Balaban J connectivity index is 1.70. The zero-order valence-electron chi connectivity index (χ0n) is 20.6. The molecule has 1 aliphatic carbocycles. The van der Waals surface area contributed by atoms with Gasteiger partial charge in [-0.05, 0) is 69.1 Å². The van der Waals surface area contributed by atoms with Crippen LogP contribution in [0.5, 0.6) is 0 Å². The van der Waals surface area contributed by atoms with E-state index in [1.54, 1.807) is 0 Å². The van der Waals surface area contributed by atoms with Gasteiger partial charge in [0.2, 0.25) is 0 Å². The Morgan fingerprint density at radius 1 is 1.09 bits per heavy atom. The number of fused-ring (bicyclic) bond motifs is 1. The molecule has 0 saturated heterocycles. The average molecular weight is 467 g/mol. The second kappa shape index (κ2) is 13.7. The van der Waals surface area contributed by atoms with Crippen LogP contribution in [0.1, 0.15) is 78.4 Å². The Labute approximate surface area is 203 Å². The van der Waals surface area contributed by atoms with Crippen molar-refractivity contribution < 1.29 is 19.2 Å². The van der Waals surface area contributed by atoms with Gasteiger partial charge in [-0.25, -0.2) is 4.79 Å². The van der Waals surface area contributed by atoms with Gasteiger partial charge in [0.25, 0.3) is 5.91 Å². The summed E-state index contributed by atoms with van der Waals surface area (Å²) in [6.45, 7) is 4.89. The van der Waals surface area contributed by atoms with Gasteiger partial charge in [-0.1, -0.05) is 60.3 Å². The SMILES string of the molecule is Cc1cc(C)c2c(c1)CC(=N/OCC(=O)NCC1CCCCC1)/C=C/CC/C=C/CCOC2=O. The number of oxime groups is 1. The third-order valence-corrected chi connectivity index (χ3v) is 6.32. The lowest BCUT2D eigenvalue weighted by Crippen LogP contribution is -2.32. The summed E-state index contributed by atoms with van der Waals surface area (Å²) < 4.78 is 5.53. The lowest BCUT2D eigenvalue weighted by Gasteiger charge is -2.21. The highest BCUT2D eigenvalue weighted by atomic mass is 16.6. The monoisotopic (exact) mass is 466 g/mol. The summed E-state index contributed by atoms with van der Waals surface area (Å²) in [5.41, 5.74) is 4.05. The lowest BCUT2D eigenvalue weighted by molar-refractivity contribution is -0.125. The molecule has 3 rings (SSSR count). The molecule has 1 fully saturated rings. The highest BCUT2D eigenvalue weighted by Gasteiger charge is 2.18. The van der Waals surface area contributed by atoms with Gasteiger partial charge < -0.3 is 14.9 Å². The van der Waals surface area contributed by atoms with E-state index in [9.17, 15) is 9.59 Å². The fourth-order valence-corrected chi connectivity index (χ4v) is 4.62. The average Bonchev–Trinajstić information content (AvgIpc) is 2.81. The van der Waals surface area contributed by atoms with Crippen molar-refractivity contribution >= 4 is 17.6 Å². The van der Waals surface area contributed by atoms with Gasteiger partial charge in [-0.3, -0.25) is 4.79 Å². The molecule has 1 saturated carbocycles. The van der Waals surface area contributed by atoms with E-state index in [0.717, 1.165) is 29.5 Å². The summed E-state index contributed by atoms with van der Waals surface area (Å²) in [6, 6.07) is 3.98. The van der Waals surface area contributed by atoms with Crippen molar-refractivity contribution in [2.75, 3.05) is 19.8 Å². The van der Waals surface area contributed by atoms with Crippen molar-refractivity contribution in [1.82, 2.24) is 5.32 Å². The molecule has 6 nitrogen and oxygen atoms in total. The summed E-state index contributed by atoms with van der Waals surface area (Å²) in [6.07, 6.45) is 17.2. The molecule has 0 radical (unpaired) electrons. The fourth-order valence-electron chi connectivity index (χ4n) is 4.62. The molecule has 1 N–H and O–H groups in total. The summed E-state index contributed by atoms with van der Waals surface area (Å²) in [4.78, 5) is 30.5. The number of nitrogens with one attached hydrogen (secondary N) is 1. The first kappa shape index (κ1) is 25.7. The number of hydrogen-bond acceptors (Lipinski definition) is 5. The van der Waals surface area contributed by atoms with Crippen molar-refractivity contribution in [2.45, 2.75) is 71.6 Å². The van der Waals surface area contributed by atoms with Crippen molar-refractivity contribution in [2.24, 2.45) is 11.1 Å². The Morgan fingerprint density at radius 2 is 1.85 bits per heavy atom. The normalized spacial score (nSPS) is 21.1. The standard InChI is InChI=1S/C28H38N2O4/c1-21-16-22(2)27-24(17-21)18-25(14-10-5-3-4-6-11-15-33-28(27)32)30-34-20-26(31)29-19-23-12-8-7-9-13-23/h4,6,10,14,16-17,23H,3,5,7-9,11-13,15,18-20H2,1-2H3,(H,29,31)/b6-4+,14-10+,30-25+. The number of ether oxygens (including phenoxy) is 1. The van der Waals surface area contributed by atoms with Gasteiger partial charge in [0, 0.05) is 13.0 Å². The molecule has 1 aliphatic heterocycles. The van der Waals surface area contributed by atoms with Crippen LogP contribution in [0.4, 0.5) is 0 Å². The van der Waals surface area contributed by atoms with E-state index in [2.05, 4.69) is 22.6 Å². The number of carbonyl (C=O) groups is 2. The van der Waals surface area contributed by atoms with Crippen molar-refractivity contribution in [3.8, 4) is 0 Å². The zero-order chi connectivity index (χ0) is 24.2. The van der Waals surface area contributed by atoms with E-state index in [1.807, 2.05) is 38.1 Å². The summed E-state index contributed by atoms with van der Waals surface area (Å²) in [5.74, 6) is 0.105. The molecule has 1 amide bonds. The van der Waals surface area contributed by atoms with Crippen molar-refractivity contribution in [3.63, 3.8) is 0 Å².